The summed E-state index contributed by atoms with van der Waals surface area (Å²) in [5.74, 6) is -0.217. The van der Waals surface area contributed by atoms with Gasteiger partial charge in [0.25, 0.3) is 5.91 Å². The molecule has 1 aliphatic rings. The number of carbonyl (C=O) groups excluding carboxylic acids is 1. The van der Waals surface area contributed by atoms with Crippen LogP contribution in [0.4, 0.5) is 0 Å². The van der Waals surface area contributed by atoms with E-state index in [4.69, 9.17) is 17.3 Å². The van der Waals surface area contributed by atoms with Crippen molar-refractivity contribution >= 4 is 28.4 Å². The van der Waals surface area contributed by atoms with Gasteiger partial charge in [-0.15, -0.1) is 0 Å². The zero-order valence-electron chi connectivity index (χ0n) is 12.4. The van der Waals surface area contributed by atoms with Gasteiger partial charge in [0.2, 0.25) is 0 Å². The van der Waals surface area contributed by atoms with Crippen LogP contribution in [-0.2, 0) is 0 Å². The number of halogens is 1. The molecule has 2 aromatic rings. The summed E-state index contributed by atoms with van der Waals surface area (Å²) < 4.78 is 0. The van der Waals surface area contributed by atoms with E-state index in [1.165, 1.54) is 0 Å². The van der Waals surface area contributed by atoms with Gasteiger partial charge < -0.3 is 21.1 Å². The second-order valence-corrected chi connectivity index (χ2v) is 6.83. The molecule has 1 fully saturated rings. The Morgan fingerprint density at radius 1 is 1.50 bits per heavy atom. The first-order chi connectivity index (χ1) is 10.3. The molecule has 1 heterocycles. The van der Waals surface area contributed by atoms with Crippen molar-refractivity contribution < 1.29 is 9.90 Å². The first-order valence-corrected chi connectivity index (χ1v) is 7.79. The molecule has 6 heteroatoms. The first-order valence-electron chi connectivity index (χ1n) is 7.41. The number of nitrogens with one attached hydrogen (secondary N) is 2. The molecule has 118 valence electrons. The van der Waals surface area contributed by atoms with Crippen LogP contribution >= 0.6 is 11.6 Å². The maximum atomic E-state index is 12.4. The fourth-order valence-corrected chi connectivity index (χ4v) is 3.22. The molecule has 1 aromatic heterocycles. The summed E-state index contributed by atoms with van der Waals surface area (Å²) in [6.07, 6.45) is 1.82. The topological polar surface area (TPSA) is 91.1 Å². The number of rotatable bonds is 2. The predicted molar refractivity (Wildman–Crippen MR) is 87.0 cm³/mol. The number of fused-ring (bicyclic) bond motifs is 1. The smallest absolute Gasteiger partial charge is 0.268 e. The lowest BCUT2D eigenvalue weighted by molar-refractivity contribution is 0.00490. The van der Waals surface area contributed by atoms with Crippen molar-refractivity contribution in [1.29, 1.82) is 0 Å². The predicted octanol–water partition coefficient (Wildman–Crippen LogP) is 2.18. The first kappa shape index (κ1) is 15.3. The summed E-state index contributed by atoms with van der Waals surface area (Å²) in [5.41, 5.74) is 6.62. The molecule has 5 nitrogen and oxygen atoms in total. The molecule has 0 bridgehead atoms. The van der Waals surface area contributed by atoms with Gasteiger partial charge in [-0.3, -0.25) is 4.79 Å². The van der Waals surface area contributed by atoms with Crippen molar-refractivity contribution in [2.24, 2.45) is 5.73 Å². The van der Waals surface area contributed by atoms with Crippen LogP contribution in [0.15, 0.2) is 24.3 Å². The molecular weight excluding hydrogens is 302 g/mol. The Bertz CT molecular complexity index is 710. The highest BCUT2D eigenvalue weighted by molar-refractivity contribution is 6.31. The van der Waals surface area contributed by atoms with E-state index in [1.54, 1.807) is 25.1 Å². The van der Waals surface area contributed by atoms with Crippen LogP contribution in [-0.4, -0.2) is 33.7 Å². The molecule has 5 N–H and O–H groups in total. The van der Waals surface area contributed by atoms with Crippen molar-refractivity contribution in [2.45, 2.75) is 43.9 Å². The van der Waals surface area contributed by atoms with Gasteiger partial charge in [0.1, 0.15) is 5.69 Å². The molecule has 1 saturated carbocycles. The highest BCUT2D eigenvalue weighted by Crippen LogP contribution is 2.27. The summed E-state index contributed by atoms with van der Waals surface area (Å²) in [7, 11) is 0. The van der Waals surface area contributed by atoms with Gasteiger partial charge in [-0.2, -0.15) is 0 Å². The lowest BCUT2D eigenvalue weighted by Crippen LogP contribution is -2.55. The Kier molecular flexibility index (Phi) is 3.89. The highest BCUT2D eigenvalue weighted by Gasteiger charge is 2.35. The normalized spacial score (nSPS) is 28.7. The van der Waals surface area contributed by atoms with Crippen molar-refractivity contribution in [3.8, 4) is 0 Å². The molecule has 1 aromatic carbocycles. The number of H-pyrrole nitrogens is 1. The van der Waals surface area contributed by atoms with Crippen molar-refractivity contribution in [3.05, 3.63) is 35.0 Å². The van der Waals surface area contributed by atoms with Crippen molar-refractivity contribution in [1.82, 2.24) is 10.3 Å². The maximum Gasteiger partial charge on any atom is 0.268 e. The molecule has 0 aliphatic heterocycles. The largest absolute Gasteiger partial charge is 0.390 e. The van der Waals surface area contributed by atoms with Crippen LogP contribution in [0.5, 0.6) is 0 Å². The van der Waals surface area contributed by atoms with Crippen LogP contribution in [0.1, 0.15) is 36.7 Å². The third kappa shape index (κ3) is 3.11. The van der Waals surface area contributed by atoms with E-state index in [2.05, 4.69) is 10.3 Å². The molecular formula is C16H20ClN3O2. The second-order valence-electron chi connectivity index (χ2n) is 6.40. The van der Waals surface area contributed by atoms with E-state index in [0.29, 0.717) is 30.0 Å². The van der Waals surface area contributed by atoms with Gasteiger partial charge in [-0.25, -0.2) is 0 Å². The molecule has 0 saturated heterocycles. The Labute approximate surface area is 133 Å². The van der Waals surface area contributed by atoms with Crippen LogP contribution < -0.4 is 11.1 Å². The third-order valence-corrected chi connectivity index (χ3v) is 4.57. The Balaban J connectivity index is 1.77. The maximum absolute atomic E-state index is 12.4. The molecule has 0 radical (unpaired) electrons. The molecule has 1 unspecified atom stereocenters. The standard InChI is InChI=1S/C16H20ClN3O2/c1-16(22)5-4-11(18)14(8-16)20-15(21)13-7-9-6-10(17)2-3-12(9)19-13/h2-3,6-7,11,14,19,22H,4-5,8,18H2,1H3,(H,20,21)/t11-,14+,16?/m0/s1. The van der Waals surface area contributed by atoms with Crippen molar-refractivity contribution in [3.63, 3.8) is 0 Å². The molecule has 1 amide bonds. The van der Waals surface area contributed by atoms with E-state index >= 15 is 0 Å². The number of aromatic nitrogens is 1. The molecule has 22 heavy (non-hydrogen) atoms. The monoisotopic (exact) mass is 321 g/mol. The lowest BCUT2D eigenvalue weighted by atomic mass is 9.80. The number of aromatic amines is 1. The number of nitrogens with two attached hydrogens (primary N) is 1. The number of amides is 1. The lowest BCUT2D eigenvalue weighted by Gasteiger charge is -2.38. The van der Waals surface area contributed by atoms with Crippen LogP contribution in [0.25, 0.3) is 10.9 Å². The summed E-state index contributed by atoms with van der Waals surface area (Å²) >= 11 is 5.95. The molecule has 3 rings (SSSR count). The van der Waals surface area contributed by atoms with E-state index in [1.807, 2.05) is 6.07 Å². The van der Waals surface area contributed by atoms with Gasteiger partial charge in [0.05, 0.1) is 5.60 Å². The van der Waals surface area contributed by atoms with Crippen molar-refractivity contribution in [2.75, 3.05) is 0 Å². The second kappa shape index (κ2) is 5.57. The Hall–Kier alpha value is -1.56. The fraction of sp³-hybridized carbons (Fsp3) is 0.438. The number of hydrogen-bond donors (Lipinski definition) is 4. The van der Waals surface area contributed by atoms with Crippen LogP contribution in [0.2, 0.25) is 5.02 Å². The minimum atomic E-state index is -0.776. The summed E-state index contributed by atoms with van der Waals surface area (Å²) in [6, 6.07) is 6.82. The zero-order chi connectivity index (χ0) is 15.9. The van der Waals surface area contributed by atoms with Gasteiger partial charge in [0.15, 0.2) is 0 Å². The quantitative estimate of drug-likeness (QED) is 0.683. The highest BCUT2D eigenvalue weighted by atomic mass is 35.5. The summed E-state index contributed by atoms with van der Waals surface area (Å²) in [5, 5.41) is 14.6. The number of hydrogen-bond acceptors (Lipinski definition) is 3. The number of carbonyl (C=O) groups is 1. The number of aliphatic hydroxyl groups is 1. The van der Waals surface area contributed by atoms with Gasteiger partial charge >= 0.3 is 0 Å². The fourth-order valence-electron chi connectivity index (χ4n) is 3.04. The van der Waals surface area contributed by atoms with Crippen LogP contribution in [0.3, 0.4) is 0 Å². The minimum absolute atomic E-state index is 0.136. The van der Waals surface area contributed by atoms with Gasteiger partial charge in [-0.1, -0.05) is 11.6 Å². The average molecular weight is 322 g/mol. The zero-order valence-corrected chi connectivity index (χ0v) is 13.2. The summed E-state index contributed by atoms with van der Waals surface area (Å²) in [4.78, 5) is 15.5. The average Bonchev–Trinajstić information content (AvgIpc) is 2.85. The Morgan fingerprint density at radius 2 is 2.27 bits per heavy atom. The van der Waals surface area contributed by atoms with Gasteiger partial charge in [-0.05, 0) is 50.5 Å². The third-order valence-electron chi connectivity index (χ3n) is 4.34. The Morgan fingerprint density at radius 3 is 3.05 bits per heavy atom. The van der Waals surface area contributed by atoms with E-state index in [0.717, 1.165) is 10.9 Å². The van der Waals surface area contributed by atoms with Crippen LogP contribution in [0, 0.1) is 0 Å². The van der Waals surface area contributed by atoms with Gasteiger partial charge in [0, 0.05) is 28.0 Å². The molecule has 1 aliphatic carbocycles. The van der Waals surface area contributed by atoms with E-state index < -0.39 is 5.60 Å². The van der Waals surface area contributed by atoms with E-state index in [9.17, 15) is 9.90 Å². The molecule has 3 atom stereocenters. The SMILES string of the molecule is CC1(O)CC[C@H](N)[C@H](NC(=O)c2cc3cc(Cl)ccc3[nH]2)C1. The molecule has 0 spiro atoms. The minimum Gasteiger partial charge on any atom is -0.390 e. The summed E-state index contributed by atoms with van der Waals surface area (Å²) in [6.45, 7) is 1.78. The number of benzene rings is 1. The van der Waals surface area contributed by atoms with E-state index in [-0.39, 0.29) is 18.0 Å².